The number of phenolic OH excluding ortho intramolecular Hbond substituents is 1. The highest BCUT2D eigenvalue weighted by Gasteiger charge is 2.36. The van der Waals surface area contributed by atoms with Crippen LogP contribution < -0.4 is 0 Å². The summed E-state index contributed by atoms with van der Waals surface area (Å²) in [7, 11) is 0.650. The van der Waals surface area contributed by atoms with Crippen molar-refractivity contribution >= 4 is 8.73 Å². The molecule has 3 N–H and O–H groups in total. The lowest BCUT2D eigenvalue weighted by molar-refractivity contribution is 0.0323. The van der Waals surface area contributed by atoms with Gasteiger partial charge in [-0.2, -0.15) is 0 Å². The quantitative estimate of drug-likeness (QED) is 0.716. The molecule has 0 amide bonds. The zero-order chi connectivity index (χ0) is 13.1. The van der Waals surface area contributed by atoms with E-state index in [0.29, 0.717) is 15.3 Å². The van der Waals surface area contributed by atoms with Gasteiger partial charge in [0.05, 0.1) is 6.10 Å². The summed E-state index contributed by atoms with van der Waals surface area (Å²) in [4.78, 5) is 0. The number of hydrogen-bond donors (Lipinski definition) is 3. The van der Waals surface area contributed by atoms with Crippen LogP contribution in [0.15, 0.2) is 24.3 Å². The minimum absolute atomic E-state index is 0.0470. The van der Waals surface area contributed by atoms with Crippen LogP contribution in [-0.2, 0) is 0 Å². The molecule has 4 atom stereocenters. The average molecular weight is 269 g/mol. The van der Waals surface area contributed by atoms with E-state index in [1.165, 1.54) is 0 Å². The highest BCUT2D eigenvalue weighted by Crippen LogP contribution is 2.36. The van der Waals surface area contributed by atoms with Crippen LogP contribution >= 0.6 is 8.73 Å². The van der Waals surface area contributed by atoms with Gasteiger partial charge < -0.3 is 15.3 Å². The molecule has 0 spiro atoms. The molecule has 18 heavy (non-hydrogen) atoms. The largest absolute Gasteiger partial charge is 0.508 e. The molecule has 1 aliphatic rings. The summed E-state index contributed by atoms with van der Waals surface area (Å²) in [5, 5.41) is 29.1. The van der Waals surface area contributed by atoms with Crippen molar-refractivity contribution in [3.8, 4) is 5.75 Å². The van der Waals surface area contributed by atoms with Crippen LogP contribution in [0.4, 0.5) is 0 Å². The van der Waals surface area contributed by atoms with Gasteiger partial charge in [0, 0.05) is 31.5 Å². The van der Waals surface area contributed by atoms with E-state index in [4.69, 9.17) is 0 Å². The molecule has 0 radical (unpaired) electrons. The van der Waals surface area contributed by atoms with Crippen LogP contribution in [0.1, 0.15) is 11.5 Å². The Labute approximate surface area is 109 Å². The second kappa shape index (κ2) is 5.98. The van der Waals surface area contributed by atoms with E-state index in [1.807, 2.05) is 12.1 Å². The molecule has 1 fully saturated rings. The highest BCUT2D eigenvalue weighted by molar-refractivity contribution is 7.34. The fourth-order valence-electron chi connectivity index (χ4n) is 2.67. The molecular formula is C13H20NO3P. The molecule has 2 rings (SSSR count). The highest BCUT2D eigenvalue weighted by atomic mass is 31.1. The Morgan fingerprint density at radius 1 is 1.28 bits per heavy atom. The predicted molar refractivity (Wildman–Crippen MR) is 73.2 cm³/mol. The summed E-state index contributed by atoms with van der Waals surface area (Å²) in [5.41, 5.74) is 0.985. The van der Waals surface area contributed by atoms with Crippen LogP contribution in [0, 0.1) is 5.92 Å². The Bertz CT molecular complexity index is 384. The number of aromatic hydroxyl groups is 1. The second-order valence-corrected chi connectivity index (χ2v) is 5.84. The first-order valence-corrected chi connectivity index (χ1v) is 7.60. The van der Waals surface area contributed by atoms with E-state index in [-0.39, 0.29) is 24.2 Å². The summed E-state index contributed by atoms with van der Waals surface area (Å²) in [6.07, 6.45) is -0.465. The number of aliphatic hydroxyl groups excluding tert-OH is 2. The van der Waals surface area contributed by atoms with Gasteiger partial charge in [0.25, 0.3) is 0 Å². The first kappa shape index (κ1) is 13.8. The number of phenols is 1. The first-order chi connectivity index (χ1) is 8.65. The number of benzene rings is 1. The minimum Gasteiger partial charge on any atom is -0.508 e. The summed E-state index contributed by atoms with van der Waals surface area (Å²) in [6.45, 7) is 3.62. The molecule has 1 saturated heterocycles. The number of nitrogens with zero attached hydrogens (tertiary/aromatic N) is 1. The molecule has 5 heteroatoms. The van der Waals surface area contributed by atoms with Gasteiger partial charge in [-0.1, -0.05) is 20.9 Å². The van der Waals surface area contributed by atoms with Crippen LogP contribution in [0.2, 0.25) is 0 Å². The maximum atomic E-state index is 10.3. The maximum Gasteiger partial charge on any atom is 0.115 e. The molecule has 0 bridgehead atoms. The topological polar surface area (TPSA) is 63.9 Å². The van der Waals surface area contributed by atoms with E-state index in [1.54, 1.807) is 12.1 Å². The third kappa shape index (κ3) is 2.83. The van der Waals surface area contributed by atoms with Gasteiger partial charge in [-0.3, -0.25) is 4.67 Å². The zero-order valence-corrected chi connectivity index (χ0v) is 11.5. The van der Waals surface area contributed by atoms with Crippen LogP contribution in [-0.4, -0.2) is 52.5 Å². The van der Waals surface area contributed by atoms with Crippen molar-refractivity contribution in [2.24, 2.45) is 5.92 Å². The van der Waals surface area contributed by atoms with Crippen LogP contribution in [0.3, 0.4) is 0 Å². The maximum absolute atomic E-state index is 10.3. The smallest absolute Gasteiger partial charge is 0.115 e. The Morgan fingerprint density at radius 2 is 1.94 bits per heavy atom. The van der Waals surface area contributed by atoms with Gasteiger partial charge in [0.15, 0.2) is 0 Å². The standard InChI is InChI=1S/C13H20NO3P/c1-18-14-6-10(8-15)13(12(17)7-14)9-2-4-11(16)5-3-9/h2-5,10,12-13,15-18H,6-8H2,1H3/t10-,12-,13-/m0/s1. The summed E-state index contributed by atoms with van der Waals surface area (Å²) < 4.78 is 2.18. The van der Waals surface area contributed by atoms with Gasteiger partial charge in [-0.15, -0.1) is 0 Å². The van der Waals surface area contributed by atoms with Gasteiger partial charge in [0.1, 0.15) is 5.75 Å². The van der Waals surface area contributed by atoms with E-state index in [9.17, 15) is 15.3 Å². The monoisotopic (exact) mass is 269 g/mol. The fraction of sp³-hybridized carbons (Fsp3) is 0.538. The Kier molecular flexibility index (Phi) is 4.57. The molecule has 1 unspecified atom stereocenters. The SMILES string of the molecule is CPN1C[C@@H](CO)[C@H](c2ccc(O)cc2)[C@@H](O)C1. The Morgan fingerprint density at radius 3 is 2.50 bits per heavy atom. The van der Waals surface area contributed by atoms with Crippen LogP contribution in [0.25, 0.3) is 0 Å². The molecule has 1 aromatic carbocycles. The summed E-state index contributed by atoms with van der Waals surface area (Å²) >= 11 is 0. The predicted octanol–water partition coefficient (Wildman–Crippen LogP) is 0.984. The van der Waals surface area contributed by atoms with Gasteiger partial charge >= 0.3 is 0 Å². The van der Waals surface area contributed by atoms with E-state index < -0.39 is 6.10 Å². The lowest BCUT2D eigenvalue weighted by atomic mass is 9.79. The first-order valence-electron chi connectivity index (χ1n) is 6.16. The van der Waals surface area contributed by atoms with Gasteiger partial charge in [0.2, 0.25) is 0 Å². The molecule has 0 aromatic heterocycles. The van der Waals surface area contributed by atoms with Crippen molar-refractivity contribution in [2.75, 3.05) is 26.4 Å². The summed E-state index contributed by atoms with van der Waals surface area (Å²) in [6, 6.07) is 6.92. The van der Waals surface area contributed by atoms with Gasteiger partial charge in [-0.05, 0) is 24.4 Å². The number of aliphatic hydroxyl groups is 2. The number of β-amino-alcohol motifs (C(OH)–C–C–N with tert-alkyl or cyclic N) is 1. The normalized spacial score (nSPS) is 30.1. The number of hydrogen-bond acceptors (Lipinski definition) is 4. The number of piperidine rings is 1. The van der Waals surface area contributed by atoms with Gasteiger partial charge in [-0.25, -0.2) is 0 Å². The van der Waals surface area contributed by atoms with Crippen molar-refractivity contribution in [3.63, 3.8) is 0 Å². The van der Waals surface area contributed by atoms with Crippen LogP contribution in [0.5, 0.6) is 5.75 Å². The fourth-order valence-corrected chi connectivity index (χ4v) is 3.46. The van der Waals surface area contributed by atoms with Crippen molar-refractivity contribution in [1.82, 2.24) is 4.67 Å². The Hall–Kier alpha value is -0.670. The lowest BCUT2D eigenvalue weighted by Crippen LogP contribution is -2.46. The van der Waals surface area contributed by atoms with Crippen molar-refractivity contribution < 1.29 is 15.3 Å². The van der Waals surface area contributed by atoms with Crippen molar-refractivity contribution in [2.45, 2.75) is 12.0 Å². The third-order valence-corrected chi connectivity index (χ3v) is 4.61. The molecule has 1 heterocycles. The molecule has 0 aliphatic carbocycles. The lowest BCUT2D eigenvalue weighted by Gasteiger charge is -2.40. The molecule has 1 aromatic rings. The van der Waals surface area contributed by atoms with E-state index >= 15 is 0 Å². The molecule has 1 aliphatic heterocycles. The number of rotatable bonds is 3. The second-order valence-electron chi connectivity index (χ2n) is 4.76. The Balaban J connectivity index is 2.21. The third-order valence-electron chi connectivity index (χ3n) is 3.61. The molecular weight excluding hydrogens is 249 g/mol. The zero-order valence-electron chi connectivity index (χ0n) is 10.5. The molecule has 100 valence electrons. The minimum atomic E-state index is -0.465. The van der Waals surface area contributed by atoms with Crippen molar-refractivity contribution in [1.29, 1.82) is 0 Å². The molecule has 0 saturated carbocycles. The van der Waals surface area contributed by atoms with E-state index in [0.717, 1.165) is 12.1 Å². The summed E-state index contributed by atoms with van der Waals surface area (Å²) in [5.74, 6) is 0.218. The molecule has 4 nitrogen and oxygen atoms in total. The van der Waals surface area contributed by atoms with E-state index in [2.05, 4.69) is 11.3 Å². The average Bonchev–Trinajstić information content (AvgIpc) is 2.39. The van der Waals surface area contributed by atoms with Crippen molar-refractivity contribution in [3.05, 3.63) is 29.8 Å².